The van der Waals surface area contributed by atoms with Crippen LogP contribution in [-0.2, 0) is 14.4 Å². The Balaban J connectivity index is 1.85. The van der Waals surface area contributed by atoms with Crippen LogP contribution in [0.25, 0.3) is 0 Å². The van der Waals surface area contributed by atoms with Gasteiger partial charge < -0.3 is 30.5 Å². The van der Waals surface area contributed by atoms with Crippen molar-refractivity contribution in [2.24, 2.45) is 5.92 Å². The van der Waals surface area contributed by atoms with Crippen LogP contribution in [-0.4, -0.2) is 91.9 Å². The van der Waals surface area contributed by atoms with Crippen molar-refractivity contribution in [3.63, 3.8) is 0 Å². The summed E-state index contributed by atoms with van der Waals surface area (Å²) < 4.78 is 6.03. The summed E-state index contributed by atoms with van der Waals surface area (Å²) >= 11 is 0. The Morgan fingerprint density at radius 3 is 2.65 bits per heavy atom. The third-order valence-corrected chi connectivity index (χ3v) is 6.91. The number of nitrogens with one attached hydrogen (secondary N) is 3. The largest absolute Gasteiger partial charge is 0.491 e. The van der Waals surface area contributed by atoms with Gasteiger partial charge in [0.25, 0.3) is 5.91 Å². The lowest BCUT2D eigenvalue weighted by Crippen LogP contribution is -2.52. The van der Waals surface area contributed by atoms with Crippen molar-refractivity contribution in [2.75, 3.05) is 40.3 Å². The summed E-state index contributed by atoms with van der Waals surface area (Å²) in [5.74, 6) is -0.718. The average molecular weight is 516 g/mol. The van der Waals surface area contributed by atoms with E-state index in [1.165, 1.54) is 0 Å². The van der Waals surface area contributed by atoms with E-state index in [4.69, 9.17) is 4.74 Å². The quantitative estimate of drug-likeness (QED) is 0.489. The number of hydrogen-bond acceptors (Lipinski definition) is 6. The van der Waals surface area contributed by atoms with E-state index in [0.29, 0.717) is 30.8 Å². The van der Waals surface area contributed by atoms with Crippen molar-refractivity contribution in [1.29, 1.82) is 0 Å². The predicted octanol–water partition coefficient (Wildman–Crippen LogP) is 1.16. The van der Waals surface area contributed by atoms with Gasteiger partial charge in [-0.25, -0.2) is 0 Å². The molecule has 0 aliphatic carbocycles. The number of hydrogen-bond donors (Lipinski definition) is 3. The van der Waals surface area contributed by atoms with E-state index in [0.717, 1.165) is 19.4 Å². The van der Waals surface area contributed by atoms with Crippen LogP contribution < -0.4 is 20.7 Å². The van der Waals surface area contributed by atoms with Crippen molar-refractivity contribution in [1.82, 2.24) is 25.8 Å². The van der Waals surface area contributed by atoms with Crippen LogP contribution in [0.5, 0.6) is 5.75 Å². The van der Waals surface area contributed by atoms with E-state index in [-0.39, 0.29) is 49.1 Å². The fourth-order valence-corrected chi connectivity index (χ4v) is 4.62. The summed E-state index contributed by atoms with van der Waals surface area (Å²) in [5.41, 5.74) is 0.295. The molecule has 3 atom stereocenters. The Morgan fingerprint density at radius 2 is 1.92 bits per heavy atom. The van der Waals surface area contributed by atoms with Crippen molar-refractivity contribution in [3.05, 3.63) is 29.8 Å². The molecular formula is C27H41N5O5. The molecule has 0 radical (unpaired) electrons. The third-order valence-electron chi connectivity index (χ3n) is 6.91. The van der Waals surface area contributed by atoms with E-state index >= 15 is 0 Å². The minimum Gasteiger partial charge on any atom is -0.491 e. The van der Waals surface area contributed by atoms with Crippen LogP contribution in [0.2, 0.25) is 0 Å². The van der Waals surface area contributed by atoms with Crippen molar-refractivity contribution >= 4 is 23.6 Å². The molecule has 0 aromatic heterocycles. The van der Waals surface area contributed by atoms with Crippen LogP contribution in [0.1, 0.15) is 56.3 Å². The minimum absolute atomic E-state index is 0.0472. The van der Waals surface area contributed by atoms with Crippen LogP contribution in [0.15, 0.2) is 24.3 Å². The Morgan fingerprint density at radius 1 is 1.16 bits per heavy atom. The highest BCUT2D eigenvalue weighted by Crippen LogP contribution is 2.22. The van der Waals surface area contributed by atoms with Gasteiger partial charge in [0.05, 0.1) is 11.6 Å². The summed E-state index contributed by atoms with van der Waals surface area (Å²) in [6, 6.07) is 5.10. The van der Waals surface area contributed by atoms with Gasteiger partial charge in [-0.2, -0.15) is 0 Å². The van der Waals surface area contributed by atoms with Crippen molar-refractivity contribution in [2.45, 2.75) is 64.1 Å². The van der Waals surface area contributed by atoms with Crippen molar-refractivity contribution in [3.8, 4) is 5.75 Å². The molecule has 2 aliphatic rings. The molecule has 1 aromatic rings. The molecule has 0 unspecified atom stereocenters. The van der Waals surface area contributed by atoms with Crippen LogP contribution >= 0.6 is 0 Å². The number of rotatable bonds is 6. The zero-order valence-corrected chi connectivity index (χ0v) is 22.4. The normalized spacial score (nSPS) is 23.4. The molecular weight excluding hydrogens is 474 g/mol. The summed E-state index contributed by atoms with van der Waals surface area (Å²) in [6.07, 6.45) is 2.28. The summed E-state index contributed by atoms with van der Waals surface area (Å²) in [5, 5.41) is 8.76. The van der Waals surface area contributed by atoms with Gasteiger partial charge >= 0.3 is 0 Å². The van der Waals surface area contributed by atoms with E-state index in [2.05, 4.69) is 16.0 Å². The van der Waals surface area contributed by atoms with E-state index in [1.54, 1.807) is 29.2 Å². The second-order valence-electron chi connectivity index (χ2n) is 10.4. The first-order chi connectivity index (χ1) is 17.7. The summed E-state index contributed by atoms with van der Waals surface area (Å²) in [4.78, 5) is 56.3. The molecule has 204 valence electrons. The first kappa shape index (κ1) is 28.4. The Bertz CT molecular complexity index is 966. The van der Waals surface area contributed by atoms with Gasteiger partial charge in [-0.1, -0.05) is 26.0 Å². The third kappa shape index (κ3) is 7.92. The van der Waals surface area contributed by atoms with E-state index in [9.17, 15) is 19.2 Å². The van der Waals surface area contributed by atoms with E-state index in [1.807, 2.05) is 32.8 Å². The lowest BCUT2D eigenvalue weighted by atomic mass is 10.0. The first-order valence-corrected chi connectivity index (χ1v) is 13.2. The van der Waals surface area contributed by atoms with Gasteiger partial charge in [-0.15, -0.1) is 0 Å². The number of amides is 4. The smallest absolute Gasteiger partial charge is 0.255 e. The Kier molecular flexibility index (Phi) is 10.3. The molecule has 2 heterocycles. The highest BCUT2D eigenvalue weighted by atomic mass is 16.5. The zero-order chi connectivity index (χ0) is 26.9. The molecule has 1 aromatic carbocycles. The number of ether oxygens (including phenoxy) is 1. The maximum absolute atomic E-state index is 13.3. The number of fused-ring (bicyclic) bond motifs is 2. The molecule has 0 spiro atoms. The van der Waals surface area contributed by atoms with Crippen LogP contribution in [0.4, 0.5) is 0 Å². The van der Waals surface area contributed by atoms with Crippen LogP contribution in [0.3, 0.4) is 0 Å². The van der Waals surface area contributed by atoms with Gasteiger partial charge in [-0.3, -0.25) is 19.2 Å². The molecule has 4 amide bonds. The van der Waals surface area contributed by atoms with Gasteiger partial charge in [0.15, 0.2) is 0 Å². The average Bonchev–Trinajstić information content (AvgIpc) is 3.36. The lowest BCUT2D eigenvalue weighted by molar-refractivity contribution is -0.139. The van der Waals surface area contributed by atoms with Gasteiger partial charge in [0.1, 0.15) is 24.4 Å². The van der Waals surface area contributed by atoms with Crippen molar-refractivity contribution < 1.29 is 23.9 Å². The molecule has 1 fully saturated rings. The highest BCUT2D eigenvalue weighted by Gasteiger charge is 2.36. The minimum atomic E-state index is -0.896. The first-order valence-electron chi connectivity index (χ1n) is 13.2. The molecule has 3 N–H and O–H groups in total. The fourth-order valence-electron chi connectivity index (χ4n) is 4.62. The molecule has 3 rings (SSSR count). The number of nitrogens with zero attached hydrogens (tertiary/aromatic N) is 2. The number of carbonyl (C=O) groups is 4. The molecule has 1 saturated heterocycles. The zero-order valence-electron chi connectivity index (χ0n) is 22.4. The Hall–Kier alpha value is -3.14. The van der Waals surface area contributed by atoms with Gasteiger partial charge in [0.2, 0.25) is 17.7 Å². The molecule has 0 bridgehead atoms. The number of para-hydroxylation sites is 1. The molecule has 2 aliphatic heterocycles. The molecule has 37 heavy (non-hydrogen) atoms. The molecule has 0 saturated carbocycles. The van der Waals surface area contributed by atoms with Gasteiger partial charge in [0, 0.05) is 19.5 Å². The Labute approximate surface area is 219 Å². The number of carbonyl (C=O) groups excluding carboxylic acids is 4. The molecule has 10 nitrogen and oxygen atoms in total. The van der Waals surface area contributed by atoms with Gasteiger partial charge in [-0.05, 0) is 64.4 Å². The fraction of sp³-hybridized carbons (Fsp3) is 0.630. The number of benzene rings is 1. The topological polar surface area (TPSA) is 120 Å². The maximum atomic E-state index is 13.3. The monoisotopic (exact) mass is 515 g/mol. The SMILES string of the molecule is CC(C)[C@H]1COc2ccccc2C(=O)N[C@H](C(=O)NCCCN(C)C)CCC(=O)N2CCC[C@@H]2C(=O)N1. The second kappa shape index (κ2) is 13.4. The maximum Gasteiger partial charge on any atom is 0.255 e. The van der Waals surface area contributed by atoms with E-state index < -0.39 is 18.0 Å². The molecule has 10 heteroatoms. The highest BCUT2D eigenvalue weighted by molar-refractivity contribution is 5.99. The second-order valence-corrected chi connectivity index (χ2v) is 10.4. The predicted molar refractivity (Wildman–Crippen MR) is 140 cm³/mol. The lowest BCUT2D eigenvalue weighted by Gasteiger charge is -2.28. The summed E-state index contributed by atoms with van der Waals surface area (Å²) in [7, 11) is 3.92. The van der Waals surface area contributed by atoms with Crippen LogP contribution in [0, 0.1) is 5.92 Å². The summed E-state index contributed by atoms with van der Waals surface area (Å²) in [6.45, 7) is 5.92. The standard InChI is InChI=1S/C27H41N5O5/c1-18(2)21-17-37-23-11-6-5-9-19(23)25(34)29-20(26(35)28-14-8-15-31(3)4)12-13-24(33)32-16-7-10-22(32)27(36)30-21/h5-6,9,11,18,20-22H,7-8,10,12-17H2,1-4H3,(H,28,35)(H,29,34)(H,30,36)/t20-,21+,22+/m0/s1.